The number of carbonyl (C=O) groups is 2. The molecule has 2 aromatic rings. The van der Waals surface area contributed by atoms with E-state index in [0.29, 0.717) is 22.4 Å². The van der Waals surface area contributed by atoms with Crippen molar-refractivity contribution in [2.75, 3.05) is 13.2 Å². The molecule has 6 nitrogen and oxygen atoms in total. The summed E-state index contributed by atoms with van der Waals surface area (Å²) in [4.78, 5) is 28.6. The number of amides is 1. The third-order valence-corrected chi connectivity index (χ3v) is 4.98. The van der Waals surface area contributed by atoms with E-state index in [4.69, 9.17) is 9.47 Å². The zero-order valence-electron chi connectivity index (χ0n) is 16.3. The highest BCUT2D eigenvalue weighted by molar-refractivity contribution is 8.18. The number of hydrogen-bond acceptors (Lipinski definition) is 6. The van der Waals surface area contributed by atoms with Gasteiger partial charge in [-0.1, -0.05) is 31.2 Å². The number of benzene rings is 2. The molecule has 0 aliphatic carbocycles. The molecule has 29 heavy (non-hydrogen) atoms. The van der Waals surface area contributed by atoms with Crippen molar-refractivity contribution in [1.29, 1.82) is 0 Å². The lowest BCUT2D eigenvalue weighted by Crippen LogP contribution is -2.19. The third kappa shape index (κ3) is 5.96. The molecular weight excluding hydrogens is 388 g/mol. The van der Waals surface area contributed by atoms with E-state index in [-0.39, 0.29) is 12.5 Å². The highest BCUT2D eigenvalue weighted by atomic mass is 32.2. The maximum atomic E-state index is 12.2. The van der Waals surface area contributed by atoms with Crippen molar-refractivity contribution in [2.24, 2.45) is 4.99 Å². The molecule has 0 saturated carbocycles. The minimum absolute atomic E-state index is 0.133. The Morgan fingerprint density at radius 1 is 1.10 bits per heavy atom. The third-order valence-electron chi connectivity index (χ3n) is 4.07. The number of ether oxygens (including phenoxy) is 2. The van der Waals surface area contributed by atoms with Crippen LogP contribution in [0.15, 0.2) is 58.4 Å². The molecule has 7 heteroatoms. The van der Waals surface area contributed by atoms with Crippen LogP contribution < -0.4 is 10.1 Å². The lowest BCUT2D eigenvalue weighted by Gasteiger charge is -2.05. The van der Waals surface area contributed by atoms with E-state index in [0.717, 1.165) is 17.7 Å². The number of nitrogens with zero attached hydrogens (tertiary/aromatic N) is 1. The van der Waals surface area contributed by atoms with Crippen molar-refractivity contribution < 1.29 is 19.1 Å². The highest BCUT2D eigenvalue weighted by Crippen LogP contribution is 2.28. The molecule has 1 aliphatic heterocycles. The van der Waals surface area contributed by atoms with Gasteiger partial charge in [-0.2, -0.15) is 0 Å². The van der Waals surface area contributed by atoms with Crippen LogP contribution in [0.3, 0.4) is 0 Å². The number of aliphatic imine (C=N–C) groups is 1. The van der Waals surface area contributed by atoms with Gasteiger partial charge in [-0.15, -0.1) is 0 Å². The van der Waals surface area contributed by atoms with Crippen LogP contribution in [0.4, 0.5) is 5.69 Å². The first-order valence-corrected chi connectivity index (χ1v) is 10.2. The SMILES string of the molecule is CCOC(=O)COc1ccc(/C=C2\SC(=Nc3ccc(CC)cc3)NC2=O)cc1. The second kappa shape index (κ2) is 9.93. The Bertz CT molecular complexity index is 934. The predicted molar refractivity (Wildman–Crippen MR) is 115 cm³/mol. The van der Waals surface area contributed by atoms with Crippen molar-refractivity contribution in [1.82, 2.24) is 5.32 Å². The summed E-state index contributed by atoms with van der Waals surface area (Å²) >= 11 is 1.30. The summed E-state index contributed by atoms with van der Waals surface area (Å²) in [6.07, 6.45) is 2.76. The topological polar surface area (TPSA) is 77.0 Å². The number of aryl methyl sites for hydroxylation is 1. The van der Waals surface area contributed by atoms with Gasteiger partial charge in [0.15, 0.2) is 11.8 Å². The molecule has 1 aliphatic rings. The molecule has 1 fully saturated rings. The van der Waals surface area contributed by atoms with Gasteiger partial charge >= 0.3 is 5.97 Å². The van der Waals surface area contributed by atoms with Gasteiger partial charge in [0.1, 0.15) is 5.75 Å². The molecule has 0 aromatic heterocycles. The highest BCUT2D eigenvalue weighted by Gasteiger charge is 2.23. The summed E-state index contributed by atoms with van der Waals surface area (Å²) in [5, 5.41) is 3.34. The average molecular weight is 410 g/mol. The van der Waals surface area contributed by atoms with Crippen molar-refractivity contribution >= 4 is 40.6 Å². The smallest absolute Gasteiger partial charge is 0.344 e. The van der Waals surface area contributed by atoms with Crippen LogP contribution in [0.1, 0.15) is 25.0 Å². The van der Waals surface area contributed by atoms with Crippen LogP contribution in [-0.2, 0) is 20.7 Å². The largest absolute Gasteiger partial charge is 0.482 e. The quantitative estimate of drug-likeness (QED) is 0.550. The minimum atomic E-state index is -0.408. The summed E-state index contributed by atoms with van der Waals surface area (Å²) in [7, 11) is 0. The first-order valence-electron chi connectivity index (χ1n) is 9.34. The number of hydrogen-bond donors (Lipinski definition) is 1. The predicted octanol–water partition coefficient (Wildman–Crippen LogP) is 4.08. The number of esters is 1. The van der Waals surface area contributed by atoms with Crippen molar-refractivity contribution in [3.8, 4) is 5.75 Å². The Morgan fingerprint density at radius 2 is 1.83 bits per heavy atom. The summed E-state index contributed by atoms with van der Waals surface area (Å²) in [5.41, 5.74) is 2.89. The first-order chi connectivity index (χ1) is 14.1. The molecule has 0 radical (unpaired) electrons. The van der Waals surface area contributed by atoms with Crippen LogP contribution in [0.5, 0.6) is 5.75 Å². The Hall–Kier alpha value is -3.06. The van der Waals surface area contributed by atoms with E-state index in [9.17, 15) is 9.59 Å². The fraction of sp³-hybridized carbons (Fsp3) is 0.227. The minimum Gasteiger partial charge on any atom is -0.482 e. The van der Waals surface area contributed by atoms with Gasteiger partial charge in [-0.3, -0.25) is 4.79 Å². The second-order valence-electron chi connectivity index (χ2n) is 6.16. The molecule has 150 valence electrons. The number of nitrogens with one attached hydrogen (secondary N) is 1. The van der Waals surface area contributed by atoms with Crippen LogP contribution in [-0.4, -0.2) is 30.3 Å². The Morgan fingerprint density at radius 3 is 2.48 bits per heavy atom. The first kappa shape index (κ1) is 20.7. The zero-order chi connectivity index (χ0) is 20.6. The van der Waals surface area contributed by atoms with Crippen LogP contribution >= 0.6 is 11.8 Å². The molecule has 1 N–H and O–H groups in total. The van der Waals surface area contributed by atoms with Crippen molar-refractivity contribution in [3.05, 3.63) is 64.6 Å². The number of thioether (sulfide) groups is 1. The zero-order valence-corrected chi connectivity index (χ0v) is 17.1. The van der Waals surface area contributed by atoms with E-state index in [1.807, 2.05) is 36.4 Å². The maximum absolute atomic E-state index is 12.2. The standard InChI is InChI=1S/C22H22N2O4S/c1-3-15-5-9-17(10-6-15)23-22-24-21(26)19(29-22)13-16-7-11-18(12-8-16)28-14-20(25)27-4-2/h5-13H,3-4,14H2,1-2H3,(H,23,24,26)/b19-13-. The maximum Gasteiger partial charge on any atom is 0.344 e. The average Bonchev–Trinajstić information content (AvgIpc) is 3.07. The molecule has 1 heterocycles. The molecule has 3 rings (SSSR count). The molecule has 0 spiro atoms. The molecular formula is C22H22N2O4S. The Labute approximate surface area is 174 Å². The lowest BCUT2D eigenvalue weighted by molar-refractivity contribution is -0.145. The van der Waals surface area contributed by atoms with Gasteiger partial charge in [0, 0.05) is 0 Å². The van der Waals surface area contributed by atoms with Gasteiger partial charge in [-0.25, -0.2) is 9.79 Å². The van der Waals surface area contributed by atoms with Crippen molar-refractivity contribution in [3.63, 3.8) is 0 Å². The van der Waals surface area contributed by atoms with E-state index >= 15 is 0 Å². The van der Waals surface area contributed by atoms with E-state index in [1.165, 1.54) is 17.3 Å². The van der Waals surface area contributed by atoms with Gasteiger partial charge in [0.05, 0.1) is 17.2 Å². The van der Waals surface area contributed by atoms with E-state index in [2.05, 4.69) is 17.2 Å². The Balaban J connectivity index is 1.63. The van der Waals surface area contributed by atoms with Crippen LogP contribution in [0.2, 0.25) is 0 Å². The molecule has 1 saturated heterocycles. The van der Waals surface area contributed by atoms with Gasteiger partial charge < -0.3 is 14.8 Å². The van der Waals surface area contributed by atoms with Gasteiger partial charge in [0.25, 0.3) is 5.91 Å². The molecule has 1 amide bonds. The van der Waals surface area contributed by atoms with Crippen LogP contribution in [0.25, 0.3) is 6.08 Å². The van der Waals surface area contributed by atoms with Crippen LogP contribution in [0, 0.1) is 0 Å². The monoisotopic (exact) mass is 410 g/mol. The fourth-order valence-corrected chi connectivity index (χ4v) is 3.40. The fourth-order valence-electron chi connectivity index (χ4n) is 2.56. The number of rotatable bonds is 7. The normalized spacial score (nSPS) is 16.1. The molecule has 2 aromatic carbocycles. The van der Waals surface area contributed by atoms with Gasteiger partial charge in [0.2, 0.25) is 0 Å². The molecule has 0 bridgehead atoms. The molecule has 0 atom stereocenters. The Kier molecular flexibility index (Phi) is 7.08. The lowest BCUT2D eigenvalue weighted by atomic mass is 10.2. The molecule has 0 unspecified atom stereocenters. The summed E-state index contributed by atoms with van der Waals surface area (Å²) in [6.45, 7) is 4.04. The van der Waals surface area contributed by atoms with Crippen molar-refractivity contribution in [2.45, 2.75) is 20.3 Å². The van der Waals surface area contributed by atoms with Gasteiger partial charge in [-0.05, 0) is 66.6 Å². The summed E-state index contributed by atoms with van der Waals surface area (Å²) in [6, 6.07) is 15.1. The summed E-state index contributed by atoms with van der Waals surface area (Å²) < 4.78 is 10.2. The van der Waals surface area contributed by atoms with E-state index in [1.54, 1.807) is 25.1 Å². The summed E-state index contributed by atoms with van der Waals surface area (Å²) in [5.74, 6) is -0.0306. The number of carbonyl (C=O) groups excluding carboxylic acids is 2. The van der Waals surface area contributed by atoms with E-state index < -0.39 is 5.97 Å². The second-order valence-corrected chi connectivity index (χ2v) is 7.20. The number of amidine groups is 1.